The molecule has 6 heteroatoms. The number of nitrogens with zero attached hydrogens (tertiary/aromatic N) is 1. The second-order valence-corrected chi connectivity index (χ2v) is 7.75. The highest BCUT2D eigenvalue weighted by Gasteiger charge is 2.15. The van der Waals surface area contributed by atoms with E-state index in [9.17, 15) is 9.90 Å². The minimum Gasteiger partial charge on any atom is -0.507 e. The lowest BCUT2D eigenvalue weighted by Gasteiger charge is -2.15. The van der Waals surface area contributed by atoms with Crippen LogP contribution in [-0.4, -0.2) is 22.6 Å². The number of aryl methyl sites for hydroxylation is 1. The Balaban J connectivity index is 1.49. The maximum Gasteiger partial charge on any atom is 0.262 e. The molecule has 0 aliphatic rings. The highest BCUT2D eigenvalue weighted by atomic mass is 16.5. The van der Waals surface area contributed by atoms with Gasteiger partial charge in [-0.1, -0.05) is 38.1 Å². The zero-order valence-corrected chi connectivity index (χ0v) is 17.7. The Labute approximate surface area is 180 Å². The van der Waals surface area contributed by atoms with E-state index >= 15 is 0 Å². The van der Waals surface area contributed by atoms with E-state index in [1.807, 2.05) is 49.4 Å². The summed E-state index contributed by atoms with van der Waals surface area (Å²) in [5.41, 5.74) is 4.35. The van der Waals surface area contributed by atoms with Gasteiger partial charge in [-0.2, -0.15) is 0 Å². The summed E-state index contributed by atoms with van der Waals surface area (Å²) < 4.78 is 11.5. The molecule has 1 aromatic heterocycles. The van der Waals surface area contributed by atoms with E-state index in [1.54, 1.807) is 12.1 Å². The minimum absolute atomic E-state index is 0.0159. The first-order valence-electron chi connectivity index (χ1n) is 10.1. The lowest BCUT2D eigenvalue weighted by molar-refractivity contribution is -0.118. The molecule has 0 atom stereocenters. The fourth-order valence-corrected chi connectivity index (χ4v) is 3.36. The number of hydrogen-bond donors (Lipinski definition) is 2. The molecule has 3 aromatic carbocycles. The zero-order valence-electron chi connectivity index (χ0n) is 17.7. The van der Waals surface area contributed by atoms with E-state index in [4.69, 9.17) is 9.15 Å². The number of phenolic OH excluding ortho intramolecular Hbond substituents is 1. The van der Waals surface area contributed by atoms with Crippen LogP contribution < -0.4 is 10.1 Å². The first-order valence-corrected chi connectivity index (χ1v) is 10.1. The molecule has 0 bridgehead atoms. The summed E-state index contributed by atoms with van der Waals surface area (Å²) in [7, 11) is 0. The van der Waals surface area contributed by atoms with E-state index in [-0.39, 0.29) is 30.1 Å². The van der Waals surface area contributed by atoms with Crippen molar-refractivity contribution >= 4 is 22.7 Å². The molecule has 0 saturated carbocycles. The molecule has 0 fully saturated rings. The van der Waals surface area contributed by atoms with Gasteiger partial charge in [0.1, 0.15) is 17.0 Å². The van der Waals surface area contributed by atoms with Gasteiger partial charge in [0.2, 0.25) is 5.89 Å². The van der Waals surface area contributed by atoms with Gasteiger partial charge in [0.05, 0.1) is 5.56 Å². The number of hydrogen-bond acceptors (Lipinski definition) is 5. The molecule has 1 amide bonds. The van der Waals surface area contributed by atoms with Gasteiger partial charge in [-0.15, -0.1) is 0 Å². The van der Waals surface area contributed by atoms with E-state index in [0.29, 0.717) is 28.1 Å². The number of rotatable bonds is 6. The fraction of sp³-hybridized carbons (Fsp3) is 0.200. The Morgan fingerprint density at radius 1 is 1.13 bits per heavy atom. The van der Waals surface area contributed by atoms with Crippen LogP contribution in [0, 0.1) is 6.92 Å². The second kappa shape index (κ2) is 8.52. The van der Waals surface area contributed by atoms with Crippen molar-refractivity contribution in [1.82, 2.24) is 4.98 Å². The molecule has 0 aliphatic heterocycles. The summed E-state index contributed by atoms with van der Waals surface area (Å²) >= 11 is 0. The van der Waals surface area contributed by atoms with Crippen LogP contribution in [0.4, 0.5) is 5.69 Å². The third kappa shape index (κ3) is 4.53. The van der Waals surface area contributed by atoms with Gasteiger partial charge in [-0.05, 0) is 60.4 Å². The number of phenols is 1. The Kier molecular flexibility index (Phi) is 5.62. The van der Waals surface area contributed by atoms with Gasteiger partial charge < -0.3 is 19.6 Å². The molecule has 4 aromatic rings. The number of anilines is 1. The molecule has 0 spiro atoms. The number of amides is 1. The maximum absolute atomic E-state index is 12.5. The molecule has 31 heavy (non-hydrogen) atoms. The quantitative estimate of drug-likeness (QED) is 0.397. The number of aromatic hydroxyl groups is 1. The fourth-order valence-electron chi connectivity index (χ4n) is 3.36. The first-order chi connectivity index (χ1) is 14.9. The molecule has 0 radical (unpaired) electrons. The summed E-state index contributed by atoms with van der Waals surface area (Å²) in [5, 5.41) is 13.1. The SMILES string of the molecule is Cc1ccc(C(C)C)c(OCC(=O)Nc2ccc(O)c(-c3nc4ccccc4o3)c2)c1. The van der Waals surface area contributed by atoms with E-state index < -0.39 is 0 Å². The van der Waals surface area contributed by atoms with Crippen LogP contribution in [0.1, 0.15) is 30.9 Å². The third-order valence-electron chi connectivity index (χ3n) is 4.95. The largest absolute Gasteiger partial charge is 0.507 e. The summed E-state index contributed by atoms with van der Waals surface area (Å²) in [5.74, 6) is 0.998. The first kappa shape index (κ1) is 20.5. The van der Waals surface area contributed by atoms with Gasteiger partial charge in [0, 0.05) is 5.69 Å². The monoisotopic (exact) mass is 416 g/mol. The van der Waals surface area contributed by atoms with Crippen LogP contribution in [0.2, 0.25) is 0 Å². The number of para-hydroxylation sites is 2. The predicted octanol–water partition coefficient (Wildman–Crippen LogP) is 5.65. The van der Waals surface area contributed by atoms with Gasteiger partial charge in [-0.3, -0.25) is 4.79 Å². The van der Waals surface area contributed by atoms with Gasteiger partial charge in [0.25, 0.3) is 5.91 Å². The summed E-state index contributed by atoms with van der Waals surface area (Å²) in [4.78, 5) is 16.9. The Morgan fingerprint density at radius 2 is 1.94 bits per heavy atom. The van der Waals surface area contributed by atoms with Crippen molar-refractivity contribution in [3.8, 4) is 23.0 Å². The summed E-state index contributed by atoms with van der Waals surface area (Å²) in [6.45, 7) is 6.03. The molecule has 1 heterocycles. The summed E-state index contributed by atoms with van der Waals surface area (Å²) in [6.07, 6.45) is 0. The summed E-state index contributed by atoms with van der Waals surface area (Å²) in [6, 6.07) is 18.1. The molecule has 2 N–H and O–H groups in total. The van der Waals surface area contributed by atoms with Gasteiger partial charge in [-0.25, -0.2) is 4.98 Å². The third-order valence-corrected chi connectivity index (χ3v) is 4.95. The second-order valence-electron chi connectivity index (χ2n) is 7.75. The normalized spacial score (nSPS) is 11.1. The molecule has 0 aliphatic carbocycles. The van der Waals surface area contributed by atoms with Crippen LogP contribution in [-0.2, 0) is 4.79 Å². The number of carbonyl (C=O) groups is 1. The van der Waals surface area contributed by atoms with Crippen LogP contribution >= 0.6 is 0 Å². The molecule has 0 unspecified atom stereocenters. The minimum atomic E-state index is -0.301. The average molecular weight is 416 g/mol. The van der Waals surface area contributed by atoms with E-state index in [1.165, 1.54) is 6.07 Å². The topological polar surface area (TPSA) is 84.6 Å². The average Bonchev–Trinajstić information content (AvgIpc) is 3.17. The van der Waals surface area contributed by atoms with Crippen LogP contribution in [0.25, 0.3) is 22.6 Å². The highest BCUT2D eigenvalue weighted by Crippen LogP contribution is 2.33. The molecular weight excluding hydrogens is 392 g/mol. The number of fused-ring (bicyclic) bond motifs is 1. The smallest absolute Gasteiger partial charge is 0.262 e. The van der Waals surface area contributed by atoms with Crippen molar-refractivity contribution in [2.75, 3.05) is 11.9 Å². The van der Waals surface area contributed by atoms with Crippen molar-refractivity contribution in [3.63, 3.8) is 0 Å². The molecule has 4 rings (SSSR count). The van der Waals surface area contributed by atoms with Crippen LogP contribution in [0.3, 0.4) is 0 Å². The van der Waals surface area contributed by atoms with Gasteiger partial charge >= 0.3 is 0 Å². The van der Waals surface area contributed by atoms with Crippen molar-refractivity contribution < 1.29 is 19.1 Å². The number of carbonyl (C=O) groups excluding carboxylic acids is 1. The standard InChI is InChI=1S/C25H24N2O4/c1-15(2)18-10-8-16(3)12-23(18)30-14-24(29)26-17-9-11-21(28)19(13-17)25-27-20-6-4-5-7-22(20)31-25/h4-13,15,28H,14H2,1-3H3,(H,26,29). The molecule has 0 saturated heterocycles. The molecular formula is C25H24N2O4. The number of benzene rings is 3. The Hall–Kier alpha value is -3.80. The Bertz CT molecular complexity index is 1210. The highest BCUT2D eigenvalue weighted by molar-refractivity contribution is 5.93. The molecule has 158 valence electrons. The lowest BCUT2D eigenvalue weighted by atomic mass is 10.0. The molecule has 6 nitrogen and oxygen atoms in total. The van der Waals surface area contributed by atoms with Crippen LogP contribution in [0.5, 0.6) is 11.5 Å². The number of nitrogens with one attached hydrogen (secondary N) is 1. The van der Waals surface area contributed by atoms with Crippen molar-refractivity contribution in [3.05, 3.63) is 71.8 Å². The number of ether oxygens (including phenoxy) is 1. The van der Waals surface area contributed by atoms with E-state index in [0.717, 1.165) is 11.1 Å². The predicted molar refractivity (Wildman–Crippen MR) is 121 cm³/mol. The van der Waals surface area contributed by atoms with Crippen molar-refractivity contribution in [2.24, 2.45) is 0 Å². The van der Waals surface area contributed by atoms with Crippen LogP contribution in [0.15, 0.2) is 65.1 Å². The van der Waals surface area contributed by atoms with Gasteiger partial charge in [0.15, 0.2) is 12.2 Å². The lowest BCUT2D eigenvalue weighted by Crippen LogP contribution is -2.20. The number of aromatic nitrogens is 1. The van der Waals surface area contributed by atoms with Crippen molar-refractivity contribution in [1.29, 1.82) is 0 Å². The number of oxazole rings is 1. The zero-order chi connectivity index (χ0) is 22.0. The van der Waals surface area contributed by atoms with E-state index in [2.05, 4.69) is 24.1 Å². The Morgan fingerprint density at radius 3 is 2.71 bits per heavy atom. The van der Waals surface area contributed by atoms with Crippen molar-refractivity contribution in [2.45, 2.75) is 26.7 Å². The maximum atomic E-state index is 12.5.